The van der Waals surface area contributed by atoms with E-state index >= 15 is 0 Å². The molecule has 0 unspecified atom stereocenters. The van der Waals surface area contributed by atoms with Crippen LogP contribution in [0.5, 0.6) is 0 Å². The Labute approximate surface area is 118 Å². The minimum absolute atomic E-state index is 0.950. The number of rotatable bonds is 4. The van der Waals surface area contributed by atoms with Crippen LogP contribution in [0.2, 0.25) is 0 Å². The highest BCUT2D eigenvalue weighted by atomic mass is 32.1. The zero-order chi connectivity index (χ0) is 13.1. The minimum atomic E-state index is 0.950. The van der Waals surface area contributed by atoms with Crippen molar-refractivity contribution in [2.45, 2.75) is 19.3 Å². The van der Waals surface area contributed by atoms with Gasteiger partial charge in [0, 0.05) is 23.2 Å². The Kier molecular flexibility index (Phi) is 3.65. The molecule has 2 nitrogen and oxygen atoms in total. The van der Waals surface area contributed by atoms with Crippen LogP contribution in [0, 0.1) is 0 Å². The molecule has 0 aliphatic carbocycles. The predicted octanol–water partition coefficient (Wildman–Crippen LogP) is 4.04. The first kappa shape index (κ1) is 12.4. The lowest BCUT2D eigenvalue weighted by atomic mass is 10.00. The summed E-state index contributed by atoms with van der Waals surface area (Å²) >= 11 is 4.28. The first-order valence-electron chi connectivity index (χ1n) is 6.62. The fourth-order valence-electron chi connectivity index (χ4n) is 2.48. The van der Waals surface area contributed by atoms with E-state index in [0.717, 1.165) is 29.6 Å². The van der Waals surface area contributed by atoms with Crippen LogP contribution in [-0.2, 0) is 6.42 Å². The molecule has 19 heavy (non-hydrogen) atoms. The van der Waals surface area contributed by atoms with Gasteiger partial charge in [0.05, 0.1) is 11.0 Å². The maximum atomic E-state index is 4.52. The summed E-state index contributed by atoms with van der Waals surface area (Å²) in [5.41, 5.74) is 3.38. The summed E-state index contributed by atoms with van der Waals surface area (Å²) in [6.45, 7) is 0. The van der Waals surface area contributed by atoms with Crippen LogP contribution in [0.3, 0.4) is 0 Å². The topological polar surface area (TPSA) is 25.8 Å². The molecule has 0 spiro atoms. The van der Waals surface area contributed by atoms with Crippen LogP contribution in [0.1, 0.15) is 18.4 Å². The number of hydrogen-bond donors (Lipinski definition) is 1. The monoisotopic (exact) mass is 268 g/mol. The van der Waals surface area contributed by atoms with Crippen molar-refractivity contribution >= 4 is 34.4 Å². The van der Waals surface area contributed by atoms with Crippen LogP contribution in [-0.4, -0.2) is 15.7 Å². The second-order valence-corrected chi connectivity index (χ2v) is 5.14. The van der Waals surface area contributed by atoms with E-state index in [9.17, 15) is 0 Å². The summed E-state index contributed by atoms with van der Waals surface area (Å²) in [5.74, 6) is 0.950. The summed E-state index contributed by atoms with van der Waals surface area (Å²) in [4.78, 5) is 8.99. The maximum absolute atomic E-state index is 4.52. The maximum Gasteiger partial charge on any atom is 0.0967 e. The molecule has 0 radical (unpaired) electrons. The average Bonchev–Trinajstić information content (AvgIpc) is 2.47. The Bertz CT molecular complexity index is 709. The van der Waals surface area contributed by atoms with Gasteiger partial charge in [-0.05, 0) is 48.8 Å². The second kappa shape index (κ2) is 5.57. The third-order valence-corrected chi connectivity index (χ3v) is 3.72. The van der Waals surface area contributed by atoms with Gasteiger partial charge in [-0.2, -0.15) is 12.6 Å². The van der Waals surface area contributed by atoms with Crippen LogP contribution >= 0.6 is 12.6 Å². The van der Waals surface area contributed by atoms with Gasteiger partial charge in [0.15, 0.2) is 0 Å². The number of hydrogen-bond acceptors (Lipinski definition) is 3. The van der Waals surface area contributed by atoms with Crippen molar-refractivity contribution in [1.29, 1.82) is 0 Å². The molecule has 0 fully saturated rings. The number of thiol groups is 1. The summed E-state index contributed by atoms with van der Waals surface area (Å²) in [6.07, 6.45) is 7.06. The van der Waals surface area contributed by atoms with Crippen molar-refractivity contribution in [2.75, 3.05) is 5.75 Å². The van der Waals surface area contributed by atoms with E-state index in [-0.39, 0.29) is 0 Å². The number of fused-ring (bicyclic) bond motifs is 3. The van der Waals surface area contributed by atoms with Crippen molar-refractivity contribution in [3.05, 3.63) is 48.3 Å². The van der Waals surface area contributed by atoms with Gasteiger partial charge in [0.2, 0.25) is 0 Å². The normalized spacial score (nSPS) is 11.2. The summed E-state index contributed by atoms with van der Waals surface area (Å²) in [7, 11) is 0. The molecule has 0 amide bonds. The van der Waals surface area contributed by atoms with Crippen LogP contribution in [0.25, 0.3) is 21.8 Å². The highest BCUT2D eigenvalue weighted by Crippen LogP contribution is 2.26. The van der Waals surface area contributed by atoms with Gasteiger partial charge in [0.1, 0.15) is 0 Å². The predicted molar refractivity (Wildman–Crippen MR) is 83.8 cm³/mol. The molecule has 2 aromatic heterocycles. The Hall–Kier alpha value is -1.61. The molecular formula is C16H16N2S. The molecule has 2 heterocycles. The van der Waals surface area contributed by atoms with Crippen molar-refractivity contribution in [1.82, 2.24) is 9.97 Å². The van der Waals surface area contributed by atoms with Crippen molar-refractivity contribution in [3.63, 3.8) is 0 Å². The third-order valence-electron chi connectivity index (χ3n) is 3.40. The third kappa shape index (κ3) is 2.43. The molecule has 0 atom stereocenters. The number of benzene rings is 1. The summed E-state index contributed by atoms with van der Waals surface area (Å²) in [6, 6.07) is 10.5. The van der Waals surface area contributed by atoms with Crippen molar-refractivity contribution in [3.8, 4) is 0 Å². The van der Waals surface area contributed by atoms with Crippen LogP contribution in [0.15, 0.2) is 42.7 Å². The van der Waals surface area contributed by atoms with Gasteiger partial charge in [-0.1, -0.05) is 12.1 Å². The van der Waals surface area contributed by atoms with Gasteiger partial charge in [-0.3, -0.25) is 9.97 Å². The second-order valence-electron chi connectivity index (χ2n) is 4.69. The first-order valence-corrected chi connectivity index (χ1v) is 7.25. The van der Waals surface area contributed by atoms with E-state index in [1.54, 1.807) is 0 Å². The van der Waals surface area contributed by atoms with Crippen molar-refractivity contribution in [2.24, 2.45) is 0 Å². The van der Waals surface area contributed by atoms with Crippen LogP contribution < -0.4 is 0 Å². The minimum Gasteiger partial charge on any atom is -0.254 e. The Morgan fingerprint density at radius 2 is 1.74 bits per heavy atom. The van der Waals surface area contributed by atoms with Crippen molar-refractivity contribution < 1.29 is 0 Å². The molecule has 3 rings (SSSR count). The van der Waals surface area contributed by atoms with E-state index in [1.807, 2.05) is 24.5 Å². The Morgan fingerprint density at radius 3 is 2.58 bits per heavy atom. The van der Waals surface area contributed by atoms with E-state index in [0.29, 0.717) is 0 Å². The smallest absolute Gasteiger partial charge is 0.0967 e. The van der Waals surface area contributed by atoms with Gasteiger partial charge >= 0.3 is 0 Å². The molecule has 1 aromatic carbocycles. The first-order chi connectivity index (χ1) is 9.40. The van der Waals surface area contributed by atoms with Gasteiger partial charge in [0.25, 0.3) is 0 Å². The number of aryl methyl sites for hydroxylation is 1. The Balaban J connectivity index is 2.18. The zero-order valence-electron chi connectivity index (χ0n) is 10.7. The van der Waals surface area contributed by atoms with E-state index in [4.69, 9.17) is 0 Å². The largest absolute Gasteiger partial charge is 0.254 e. The van der Waals surface area contributed by atoms with Gasteiger partial charge in [-0.15, -0.1) is 0 Å². The molecule has 0 saturated carbocycles. The molecule has 0 saturated heterocycles. The fourth-order valence-corrected chi connectivity index (χ4v) is 2.71. The van der Waals surface area contributed by atoms with E-state index in [1.165, 1.54) is 22.8 Å². The van der Waals surface area contributed by atoms with Gasteiger partial charge < -0.3 is 0 Å². The molecule has 0 aliphatic rings. The molecule has 0 bridgehead atoms. The highest BCUT2D eigenvalue weighted by molar-refractivity contribution is 7.80. The summed E-state index contributed by atoms with van der Waals surface area (Å²) < 4.78 is 0. The Morgan fingerprint density at radius 1 is 0.947 bits per heavy atom. The number of pyridine rings is 2. The molecule has 3 heteroatoms. The van der Waals surface area contributed by atoms with Gasteiger partial charge in [-0.25, -0.2) is 0 Å². The van der Waals surface area contributed by atoms with Crippen LogP contribution in [0.4, 0.5) is 0 Å². The highest BCUT2D eigenvalue weighted by Gasteiger charge is 2.07. The molecular weight excluding hydrogens is 252 g/mol. The standard InChI is InChI=1S/C16H16N2S/c19-10-2-1-5-12-11-13-6-3-8-17-15(13)16-14(12)7-4-9-18-16/h3-4,6-9,11,19H,1-2,5,10H2. The SMILES string of the molecule is SCCCCc1cc2cccnc2c2ncccc12. The number of unbranched alkanes of at least 4 members (excludes halogenated alkanes) is 1. The molecule has 0 N–H and O–H groups in total. The lowest BCUT2D eigenvalue weighted by molar-refractivity contribution is 0.808. The molecule has 96 valence electrons. The van der Waals surface area contributed by atoms with E-state index in [2.05, 4.69) is 40.8 Å². The lowest BCUT2D eigenvalue weighted by Gasteiger charge is -2.08. The molecule has 3 aromatic rings. The number of nitrogens with zero attached hydrogens (tertiary/aromatic N) is 2. The summed E-state index contributed by atoms with van der Waals surface area (Å²) in [5, 5.41) is 2.41. The average molecular weight is 268 g/mol. The fraction of sp³-hybridized carbons (Fsp3) is 0.250. The van der Waals surface area contributed by atoms with E-state index < -0.39 is 0 Å². The quantitative estimate of drug-likeness (QED) is 0.439. The lowest BCUT2D eigenvalue weighted by Crippen LogP contribution is -1.92. The number of aromatic nitrogens is 2. The zero-order valence-corrected chi connectivity index (χ0v) is 11.6. The molecule has 0 aliphatic heterocycles.